The van der Waals surface area contributed by atoms with E-state index in [1.165, 1.54) is 4.68 Å². The van der Waals surface area contributed by atoms with Crippen LogP contribution >= 0.6 is 0 Å². The minimum atomic E-state index is -0.417. The number of nitrogens with one attached hydrogen (secondary N) is 2. The fourth-order valence-electron chi connectivity index (χ4n) is 3.21. The van der Waals surface area contributed by atoms with Gasteiger partial charge in [-0.3, -0.25) is 14.7 Å². The Balaban J connectivity index is 1.74. The second kappa shape index (κ2) is 7.59. The van der Waals surface area contributed by atoms with Crippen LogP contribution in [0.5, 0.6) is 0 Å². The second-order valence-corrected chi connectivity index (χ2v) is 8.21. The molecule has 0 aliphatic rings. The molecule has 0 fully saturated rings. The van der Waals surface area contributed by atoms with Gasteiger partial charge in [-0.05, 0) is 11.6 Å². The van der Waals surface area contributed by atoms with Crippen molar-refractivity contribution in [1.29, 1.82) is 0 Å². The molecule has 0 saturated heterocycles. The predicted octanol–water partition coefficient (Wildman–Crippen LogP) is 3.72. The van der Waals surface area contributed by atoms with E-state index >= 15 is 0 Å². The van der Waals surface area contributed by atoms with E-state index in [4.69, 9.17) is 0 Å². The summed E-state index contributed by atoms with van der Waals surface area (Å²) in [5, 5.41) is 15.3. The Morgan fingerprint density at radius 1 is 1.03 bits per heavy atom. The van der Waals surface area contributed by atoms with Gasteiger partial charge in [0.25, 0.3) is 11.5 Å². The van der Waals surface area contributed by atoms with Gasteiger partial charge in [-0.25, -0.2) is 4.68 Å². The summed E-state index contributed by atoms with van der Waals surface area (Å²) in [6.07, 6.45) is 0. The predicted molar refractivity (Wildman–Crippen MR) is 117 cm³/mol. The molecule has 0 bridgehead atoms. The van der Waals surface area contributed by atoms with Gasteiger partial charge >= 0.3 is 0 Å². The molecule has 0 saturated carbocycles. The van der Waals surface area contributed by atoms with Crippen molar-refractivity contribution in [2.45, 2.75) is 32.7 Å². The minimum Gasteiger partial charge on any atom is -0.304 e. The number of aromatic amines is 1. The van der Waals surface area contributed by atoms with Crippen LogP contribution in [0.1, 0.15) is 42.5 Å². The topological polar surface area (TPSA) is 92.7 Å². The summed E-state index contributed by atoms with van der Waals surface area (Å²) in [5.74, 6) is -0.00316. The zero-order valence-corrected chi connectivity index (χ0v) is 17.1. The van der Waals surface area contributed by atoms with Crippen molar-refractivity contribution in [3.8, 4) is 0 Å². The average molecular weight is 401 g/mol. The maximum Gasteiger partial charge on any atom is 0.277 e. The van der Waals surface area contributed by atoms with Gasteiger partial charge in [0.05, 0.1) is 11.9 Å². The van der Waals surface area contributed by atoms with Crippen molar-refractivity contribution in [1.82, 2.24) is 20.0 Å². The first kappa shape index (κ1) is 19.6. The number of carbonyl (C=O) groups is 1. The summed E-state index contributed by atoms with van der Waals surface area (Å²) in [6, 6.07) is 18.4. The Morgan fingerprint density at radius 3 is 2.37 bits per heavy atom. The molecule has 30 heavy (non-hydrogen) atoms. The van der Waals surface area contributed by atoms with Gasteiger partial charge < -0.3 is 5.32 Å². The number of anilines is 1. The molecular weight excluding hydrogens is 378 g/mol. The zero-order chi connectivity index (χ0) is 21.3. The SMILES string of the molecule is CC(C)(C)c1cc(NC(=O)c2nn(Cc3ccccc3)c(=O)c3ccccc23)n[nH]1. The number of rotatable bonds is 4. The monoisotopic (exact) mass is 401 g/mol. The van der Waals surface area contributed by atoms with Gasteiger partial charge in [0.15, 0.2) is 11.5 Å². The third-order valence-electron chi connectivity index (χ3n) is 4.89. The van der Waals surface area contributed by atoms with Gasteiger partial charge in [-0.1, -0.05) is 69.3 Å². The van der Waals surface area contributed by atoms with Gasteiger partial charge in [-0.15, -0.1) is 0 Å². The van der Waals surface area contributed by atoms with E-state index in [-0.39, 0.29) is 23.2 Å². The minimum absolute atomic E-state index is 0.121. The molecule has 2 aromatic heterocycles. The van der Waals surface area contributed by atoms with E-state index in [1.54, 1.807) is 30.3 Å². The normalized spacial score (nSPS) is 11.6. The number of fused-ring (bicyclic) bond motifs is 1. The van der Waals surface area contributed by atoms with E-state index < -0.39 is 5.91 Å². The van der Waals surface area contributed by atoms with E-state index in [0.29, 0.717) is 16.6 Å². The molecule has 7 nitrogen and oxygen atoms in total. The van der Waals surface area contributed by atoms with Crippen molar-refractivity contribution in [2.24, 2.45) is 0 Å². The molecule has 0 spiro atoms. The lowest BCUT2D eigenvalue weighted by atomic mass is 9.92. The number of carbonyl (C=O) groups excluding carboxylic acids is 1. The molecule has 4 rings (SSSR count). The van der Waals surface area contributed by atoms with Gasteiger partial charge in [0, 0.05) is 22.6 Å². The van der Waals surface area contributed by atoms with Crippen LogP contribution < -0.4 is 10.9 Å². The highest BCUT2D eigenvalue weighted by Gasteiger charge is 2.20. The molecule has 0 aliphatic carbocycles. The van der Waals surface area contributed by atoms with Crippen molar-refractivity contribution >= 4 is 22.5 Å². The number of benzene rings is 2. The first-order chi connectivity index (χ1) is 14.3. The van der Waals surface area contributed by atoms with Crippen molar-refractivity contribution in [2.75, 3.05) is 5.32 Å². The van der Waals surface area contributed by atoms with Crippen LogP contribution in [0.3, 0.4) is 0 Å². The maximum absolute atomic E-state index is 13.1. The van der Waals surface area contributed by atoms with Crippen LogP contribution in [-0.4, -0.2) is 25.9 Å². The van der Waals surface area contributed by atoms with Gasteiger partial charge in [-0.2, -0.15) is 10.2 Å². The molecule has 2 N–H and O–H groups in total. The Labute approximate surface area is 173 Å². The molecule has 1 amide bonds. The van der Waals surface area contributed by atoms with Crippen LogP contribution in [0.2, 0.25) is 0 Å². The fourth-order valence-corrected chi connectivity index (χ4v) is 3.21. The number of nitrogens with zero attached hydrogens (tertiary/aromatic N) is 3. The molecule has 0 radical (unpaired) electrons. The lowest BCUT2D eigenvalue weighted by Crippen LogP contribution is -2.28. The molecule has 0 aliphatic heterocycles. The highest BCUT2D eigenvalue weighted by Crippen LogP contribution is 2.22. The van der Waals surface area contributed by atoms with Crippen LogP contribution in [0.15, 0.2) is 65.5 Å². The summed E-state index contributed by atoms with van der Waals surface area (Å²) < 4.78 is 1.33. The largest absolute Gasteiger partial charge is 0.304 e. The second-order valence-electron chi connectivity index (χ2n) is 8.21. The van der Waals surface area contributed by atoms with E-state index in [9.17, 15) is 9.59 Å². The number of aromatic nitrogens is 4. The third-order valence-corrected chi connectivity index (χ3v) is 4.89. The first-order valence-corrected chi connectivity index (χ1v) is 9.74. The number of hydrogen-bond acceptors (Lipinski definition) is 4. The van der Waals surface area contributed by atoms with Crippen molar-refractivity contribution < 1.29 is 4.79 Å². The molecule has 2 heterocycles. The standard InChI is InChI=1S/C23H23N5O2/c1-23(2,3)18-13-19(26-25-18)24-21(29)20-16-11-7-8-12-17(16)22(30)28(27-20)14-15-9-5-4-6-10-15/h4-13H,14H2,1-3H3,(H2,24,25,26,29). The van der Waals surface area contributed by atoms with Gasteiger partial charge in [0.2, 0.25) is 0 Å². The third kappa shape index (κ3) is 3.87. The lowest BCUT2D eigenvalue weighted by molar-refractivity contribution is 0.102. The first-order valence-electron chi connectivity index (χ1n) is 9.74. The van der Waals surface area contributed by atoms with Crippen LogP contribution in [-0.2, 0) is 12.0 Å². The van der Waals surface area contributed by atoms with Crippen LogP contribution in [0.4, 0.5) is 5.82 Å². The fraction of sp³-hybridized carbons (Fsp3) is 0.217. The van der Waals surface area contributed by atoms with E-state index in [2.05, 4.69) is 41.4 Å². The molecule has 0 atom stereocenters. The Hall–Kier alpha value is -3.74. The highest BCUT2D eigenvalue weighted by molar-refractivity contribution is 6.10. The molecule has 4 aromatic rings. The van der Waals surface area contributed by atoms with Gasteiger partial charge in [0.1, 0.15) is 0 Å². The molecule has 0 unspecified atom stereocenters. The van der Waals surface area contributed by atoms with Crippen LogP contribution in [0, 0.1) is 0 Å². The Morgan fingerprint density at radius 2 is 1.70 bits per heavy atom. The quantitative estimate of drug-likeness (QED) is 0.545. The number of hydrogen-bond donors (Lipinski definition) is 2. The molecule has 7 heteroatoms. The number of amides is 1. The summed E-state index contributed by atoms with van der Waals surface area (Å²) in [6.45, 7) is 6.45. The highest BCUT2D eigenvalue weighted by atomic mass is 16.2. The summed E-state index contributed by atoms with van der Waals surface area (Å²) >= 11 is 0. The average Bonchev–Trinajstić information content (AvgIpc) is 3.20. The van der Waals surface area contributed by atoms with Crippen molar-refractivity contribution in [3.63, 3.8) is 0 Å². The molecular formula is C23H23N5O2. The lowest BCUT2D eigenvalue weighted by Gasteiger charge is -2.14. The Bertz CT molecular complexity index is 1270. The Kier molecular flexibility index (Phi) is 4.95. The summed E-state index contributed by atoms with van der Waals surface area (Å²) in [5.41, 5.74) is 1.66. The van der Waals surface area contributed by atoms with E-state index in [0.717, 1.165) is 11.3 Å². The molecule has 2 aromatic carbocycles. The number of H-pyrrole nitrogens is 1. The summed E-state index contributed by atoms with van der Waals surface area (Å²) in [7, 11) is 0. The zero-order valence-electron chi connectivity index (χ0n) is 17.1. The van der Waals surface area contributed by atoms with Crippen molar-refractivity contribution in [3.05, 3.63) is 88.0 Å². The molecule has 152 valence electrons. The van der Waals surface area contributed by atoms with E-state index in [1.807, 2.05) is 30.3 Å². The summed E-state index contributed by atoms with van der Waals surface area (Å²) in [4.78, 5) is 26.0. The smallest absolute Gasteiger partial charge is 0.277 e. The van der Waals surface area contributed by atoms with Crippen LogP contribution in [0.25, 0.3) is 10.8 Å². The maximum atomic E-state index is 13.1.